The highest BCUT2D eigenvalue weighted by molar-refractivity contribution is 7.89. The molecule has 1 unspecified atom stereocenters. The standard InChI is InChI=1S/C25H34ClN3O3S/c26-21-7-5-20(6-8-21)25(11-1-12-25)24-23-18-22(9-4-19(23)10-15-28-24)32-16-3-17-33(30,31)29-14-2-13-27/h4-9,18,24,28-29H,1-3,10-17,27H2. The van der Waals surface area contributed by atoms with Crippen LogP contribution in [-0.4, -0.2) is 40.4 Å². The molecule has 180 valence electrons. The van der Waals surface area contributed by atoms with Crippen molar-refractivity contribution in [1.82, 2.24) is 10.0 Å². The van der Waals surface area contributed by atoms with Crippen molar-refractivity contribution in [3.63, 3.8) is 0 Å². The first-order valence-electron chi connectivity index (χ1n) is 11.9. The Morgan fingerprint density at radius 2 is 1.94 bits per heavy atom. The van der Waals surface area contributed by atoms with Crippen LogP contribution in [0, 0.1) is 0 Å². The van der Waals surface area contributed by atoms with Crippen LogP contribution in [0.25, 0.3) is 0 Å². The zero-order chi connectivity index (χ0) is 23.3. The fraction of sp³-hybridized carbons (Fsp3) is 0.520. The topological polar surface area (TPSA) is 93.5 Å². The van der Waals surface area contributed by atoms with Gasteiger partial charge in [-0.1, -0.05) is 36.2 Å². The lowest BCUT2D eigenvalue weighted by Gasteiger charge is -2.50. The number of nitrogens with two attached hydrogens (primary N) is 1. The molecule has 0 spiro atoms. The van der Waals surface area contributed by atoms with Crippen LogP contribution in [0.4, 0.5) is 0 Å². The van der Waals surface area contributed by atoms with E-state index in [4.69, 9.17) is 22.1 Å². The van der Waals surface area contributed by atoms with Crippen LogP contribution in [-0.2, 0) is 21.9 Å². The molecular formula is C25H34ClN3O3S. The Morgan fingerprint density at radius 3 is 2.64 bits per heavy atom. The van der Waals surface area contributed by atoms with Gasteiger partial charge in [0, 0.05) is 23.0 Å². The van der Waals surface area contributed by atoms with Crippen LogP contribution in [0.15, 0.2) is 42.5 Å². The van der Waals surface area contributed by atoms with Crippen molar-refractivity contribution in [3.05, 3.63) is 64.2 Å². The molecule has 4 N–H and O–H groups in total. The van der Waals surface area contributed by atoms with Gasteiger partial charge >= 0.3 is 0 Å². The quantitative estimate of drug-likeness (QED) is 0.417. The van der Waals surface area contributed by atoms with E-state index in [1.54, 1.807) is 0 Å². The lowest BCUT2D eigenvalue weighted by molar-refractivity contribution is 0.164. The number of fused-ring (bicyclic) bond motifs is 1. The molecule has 0 radical (unpaired) electrons. The highest BCUT2D eigenvalue weighted by Crippen LogP contribution is 2.53. The lowest BCUT2D eigenvalue weighted by Crippen LogP contribution is -2.49. The van der Waals surface area contributed by atoms with Gasteiger partial charge in [-0.25, -0.2) is 13.1 Å². The van der Waals surface area contributed by atoms with Crippen LogP contribution < -0.4 is 20.5 Å². The maximum Gasteiger partial charge on any atom is 0.211 e. The van der Waals surface area contributed by atoms with Crippen LogP contribution in [0.2, 0.25) is 5.02 Å². The van der Waals surface area contributed by atoms with E-state index < -0.39 is 10.0 Å². The van der Waals surface area contributed by atoms with Crippen LogP contribution in [0.3, 0.4) is 0 Å². The van der Waals surface area contributed by atoms with E-state index in [0.717, 1.165) is 36.6 Å². The second-order valence-electron chi connectivity index (χ2n) is 9.07. The zero-order valence-electron chi connectivity index (χ0n) is 19.0. The average molecular weight is 492 g/mol. The number of hydrogen-bond donors (Lipinski definition) is 3. The van der Waals surface area contributed by atoms with Crippen molar-refractivity contribution >= 4 is 21.6 Å². The number of benzene rings is 2. The molecular weight excluding hydrogens is 458 g/mol. The SMILES string of the molecule is NCCCNS(=O)(=O)CCCOc1ccc2c(c1)C(C1(c3ccc(Cl)cc3)CCC1)NCC2. The average Bonchev–Trinajstić information content (AvgIpc) is 2.77. The summed E-state index contributed by atoms with van der Waals surface area (Å²) in [5.74, 6) is 0.841. The Morgan fingerprint density at radius 1 is 1.15 bits per heavy atom. The summed E-state index contributed by atoms with van der Waals surface area (Å²) in [5.41, 5.74) is 9.48. The van der Waals surface area contributed by atoms with Crippen molar-refractivity contribution < 1.29 is 13.2 Å². The second kappa shape index (κ2) is 10.7. The molecule has 2 aromatic rings. The fourth-order valence-corrected chi connectivity index (χ4v) is 6.26. The summed E-state index contributed by atoms with van der Waals surface area (Å²) in [5, 5.41) is 4.55. The summed E-state index contributed by atoms with van der Waals surface area (Å²) < 4.78 is 32.6. The molecule has 1 fully saturated rings. The van der Waals surface area contributed by atoms with Crippen LogP contribution in [0.1, 0.15) is 54.8 Å². The van der Waals surface area contributed by atoms with Crippen molar-refractivity contribution in [2.75, 3.05) is 32.0 Å². The molecule has 0 saturated heterocycles. The van der Waals surface area contributed by atoms with E-state index in [1.165, 1.54) is 23.1 Å². The number of sulfonamides is 1. The summed E-state index contributed by atoms with van der Waals surface area (Å²) in [6.45, 7) is 2.17. The van der Waals surface area contributed by atoms with E-state index in [0.29, 0.717) is 32.5 Å². The molecule has 4 rings (SSSR count). The number of ether oxygens (including phenoxy) is 1. The maximum atomic E-state index is 12.0. The van der Waals surface area contributed by atoms with Crippen LogP contribution >= 0.6 is 11.6 Å². The van der Waals surface area contributed by atoms with E-state index >= 15 is 0 Å². The van der Waals surface area contributed by atoms with Gasteiger partial charge in [-0.2, -0.15) is 0 Å². The van der Waals surface area contributed by atoms with Crippen LogP contribution in [0.5, 0.6) is 5.75 Å². The van der Waals surface area contributed by atoms with Gasteiger partial charge in [-0.05, 0) is 86.1 Å². The van der Waals surface area contributed by atoms with Gasteiger partial charge in [-0.15, -0.1) is 0 Å². The molecule has 1 saturated carbocycles. The minimum Gasteiger partial charge on any atom is -0.494 e. The largest absolute Gasteiger partial charge is 0.494 e. The van der Waals surface area contributed by atoms with E-state index in [9.17, 15) is 8.42 Å². The third kappa shape index (κ3) is 5.72. The van der Waals surface area contributed by atoms with E-state index in [2.05, 4.69) is 34.3 Å². The molecule has 1 heterocycles. The van der Waals surface area contributed by atoms with E-state index in [1.807, 2.05) is 18.2 Å². The van der Waals surface area contributed by atoms with Crippen molar-refractivity contribution in [2.45, 2.75) is 50.0 Å². The molecule has 0 aromatic heterocycles. The molecule has 8 heteroatoms. The normalized spacial score (nSPS) is 19.5. The summed E-state index contributed by atoms with van der Waals surface area (Å²) in [7, 11) is -3.29. The number of hydrogen-bond acceptors (Lipinski definition) is 5. The summed E-state index contributed by atoms with van der Waals surface area (Å²) in [6, 6.07) is 14.9. The third-order valence-electron chi connectivity index (χ3n) is 6.92. The minimum atomic E-state index is -3.29. The van der Waals surface area contributed by atoms with Crippen molar-refractivity contribution in [3.8, 4) is 5.75 Å². The zero-order valence-corrected chi connectivity index (χ0v) is 20.6. The predicted molar refractivity (Wildman–Crippen MR) is 133 cm³/mol. The highest BCUT2D eigenvalue weighted by atomic mass is 35.5. The maximum absolute atomic E-state index is 12.0. The van der Waals surface area contributed by atoms with Gasteiger partial charge in [0.05, 0.1) is 12.4 Å². The molecule has 1 aliphatic heterocycles. The molecule has 1 aliphatic carbocycles. The Labute approximate surface area is 202 Å². The first kappa shape index (κ1) is 24.5. The predicted octanol–water partition coefficient (Wildman–Crippen LogP) is 3.69. The number of halogens is 1. The van der Waals surface area contributed by atoms with Gasteiger partial charge in [0.1, 0.15) is 5.75 Å². The second-order valence-corrected chi connectivity index (χ2v) is 11.4. The Hall–Kier alpha value is -1.64. The monoisotopic (exact) mass is 491 g/mol. The van der Waals surface area contributed by atoms with Crippen molar-refractivity contribution in [2.24, 2.45) is 5.73 Å². The Bertz CT molecular complexity index is 1040. The summed E-state index contributed by atoms with van der Waals surface area (Å²) in [6.07, 6.45) is 5.58. The van der Waals surface area contributed by atoms with Crippen molar-refractivity contribution in [1.29, 1.82) is 0 Å². The smallest absolute Gasteiger partial charge is 0.211 e. The minimum absolute atomic E-state index is 0.0480. The third-order valence-corrected chi connectivity index (χ3v) is 8.64. The molecule has 33 heavy (non-hydrogen) atoms. The molecule has 1 atom stereocenters. The lowest BCUT2D eigenvalue weighted by atomic mass is 9.58. The Balaban J connectivity index is 1.44. The molecule has 2 aliphatic rings. The number of nitrogens with one attached hydrogen (secondary N) is 2. The number of rotatable bonds is 11. The first-order valence-corrected chi connectivity index (χ1v) is 13.9. The van der Waals surface area contributed by atoms with Gasteiger partial charge in [0.25, 0.3) is 0 Å². The fourth-order valence-electron chi connectivity index (χ4n) is 5.04. The molecule has 0 amide bonds. The van der Waals surface area contributed by atoms with E-state index in [-0.39, 0.29) is 17.2 Å². The summed E-state index contributed by atoms with van der Waals surface area (Å²) in [4.78, 5) is 0. The Kier molecular flexibility index (Phi) is 7.97. The first-order chi connectivity index (χ1) is 15.9. The van der Waals surface area contributed by atoms with Gasteiger partial charge in [-0.3, -0.25) is 0 Å². The van der Waals surface area contributed by atoms with Gasteiger partial charge in [0.15, 0.2) is 0 Å². The van der Waals surface area contributed by atoms with Gasteiger partial charge < -0.3 is 15.8 Å². The molecule has 2 aromatic carbocycles. The molecule has 6 nitrogen and oxygen atoms in total. The summed E-state index contributed by atoms with van der Waals surface area (Å²) >= 11 is 6.15. The molecule has 0 bridgehead atoms. The highest BCUT2D eigenvalue weighted by Gasteiger charge is 2.47. The van der Waals surface area contributed by atoms with Gasteiger partial charge in [0.2, 0.25) is 10.0 Å².